The minimum atomic E-state index is -2.61. The van der Waals surface area contributed by atoms with E-state index in [0.29, 0.717) is 13.1 Å². The monoisotopic (exact) mass is 507 g/mol. The number of nitrogens with zero attached hydrogens (tertiary/aromatic N) is 5. The minimum Gasteiger partial charge on any atom is -0.353 e. The van der Waals surface area contributed by atoms with Crippen molar-refractivity contribution in [1.82, 2.24) is 35.0 Å². The van der Waals surface area contributed by atoms with E-state index in [9.17, 15) is 8.78 Å². The Morgan fingerprint density at radius 2 is 1.82 bits per heavy atom. The van der Waals surface area contributed by atoms with Gasteiger partial charge in [-0.05, 0) is 41.5 Å². The van der Waals surface area contributed by atoms with Gasteiger partial charge in [0, 0.05) is 71.7 Å². The molecule has 1 aliphatic heterocycles. The zero-order valence-corrected chi connectivity index (χ0v) is 20.3. The molecule has 1 saturated heterocycles. The van der Waals surface area contributed by atoms with Crippen molar-refractivity contribution < 1.29 is 8.78 Å². The molecule has 6 aromatic rings. The summed E-state index contributed by atoms with van der Waals surface area (Å²) >= 11 is 0. The second-order valence-electron chi connectivity index (χ2n) is 9.78. The van der Waals surface area contributed by atoms with Crippen molar-refractivity contribution in [3.8, 4) is 33.8 Å². The van der Waals surface area contributed by atoms with Gasteiger partial charge in [0.15, 0.2) is 0 Å². The summed E-state index contributed by atoms with van der Waals surface area (Å²) in [5, 5.41) is 9.70. The molecule has 0 unspecified atom stereocenters. The number of hydrogen-bond donors (Lipinski definition) is 2. The molecular weight excluding hydrogens is 484 g/mol. The SMILES string of the molecule is FC1(F)CCN(Cc2cncc(-c3cc4c(-c5cc6c(-c7cccnc7)cccc6[nH]5)n[nH]c4cn3)c2)C1. The van der Waals surface area contributed by atoms with Crippen LogP contribution in [0, 0.1) is 0 Å². The first-order chi connectivity index (χ1) is 18.5. The maximum Gasteiger partial charge on any atom is 0.261 e. The number of benzene rings is 1. The predicted molar refractivity (Wildman–Crippen MR) is 142 cm³/mol. The third-order valence-corrected chi connectivity index (χ3v) is 7.08. The zero-order chi connectivity index (χ0) is 25.7. The second-order valence-corrected chi connectivity index (χ2v) is 9.78. The maximum atomic E-state index is 13.6. The van der Waals surface area contributed by atoms with Gasteiger partial charge in [-0.2, -0.15) is 5.10 Å². The number of alkyl halides is 2. The van der Waals surface area contributed by atoms with Crippen molar-refractivity contribution in [3.63, 3.8) is 0 Å². The van der Waals surface area contributed by atoms with Crippen LogP contribution in [0.1, 0.15) is 12.0 Å². The van der Waals surface area contributed by atoms with Crippen LogP contribution < -0.4 is 0 Å². The Kier molecular flexibility index (Phi) is 5.26. The average Bonchev–Trinajstić information content (AvgIpc) is 3.64. The number of hydrogen-bond acceptors (Lipinski definition) is 5. The van der Waals surface area contributed by atoms with E-state index in [-0.39, 0.29) is 13.0 Å². The molecule has 6 heterocycles. The molecule has 0 spiro atoms. The van der Waals surface area contributed by atoms with Crippen LogP contribution in [0.15, 0.2) is 79.5 Å². The highest BCUT2D eigenvalue weighted by Crippen LogP contribution is 2.35. The molecule has 0 aliphatic carbocycles. The van der Waals surface area contributed by atoms with Crippen molar-refractivity contribution in [2.24, 2.45) is 0 Å². The summed E-state index contributed by atoms with van der Waals surface area (Å²) in [7, 11) is 0. The smallest absolute Gasteiger partial charge is 0.261 e. The summed E-state index contributed by atoms with van der Waals surface area (Å²) in [6.07, 6.45) is 8.77. The molecule has 2 N–H and O–H groups in total. The fourth-order valence-corrected chi connectivity index (χ4v) is 5.25. The molecule has 0 bridgehead atoms. The molecule has 38 heavy (non-hydrogen) atoms. The third-order valence-electron chi connectivity index (χ3n) is 7.08. The Balaban J connectivity index is 1.24. The van der Waals surface area contributed by atoms with Crippen LogP contribution in [-0.4, -0.2) is 54.0 Å². The van der Waals surface area contributed by atoms with Gasteiger partial charge >= 0.3 is 0 Å². The molecule has 1 aliphatic rings. The van der Waals surface area contributed by atoms with Crippen molar-refractivity contribution >= 4 is 21.8 Å². The first-order valence-electron chi connectivity index (χ1n) is 12.4. The minimum absolute atomic E-state index is 0.0981. The number of rotatable bonds is 5. The van der Waals surface area contributed by atoms with Crippen molar-refractivity contribution in [3.05, 3.63) is 85.1 Å². The van der Waals surface area contributed by atoms with Gasteiger partial charge in [-0.3, -0.25) is 25.0 Å². The number of aromatic amines is 2. The fraction of sp³-hybridized carbons (Fsp3) is 0.172. The highest BCUT2D eigenvalue weighted by Gasteiger charge is 2.37. The van der Waals surface area contributed by atoms with Crippen LogP contribution in [-0.2, 0) is 6.54 Å². The molecule has 9 heteroatoms. The van der Waals surface area contributed by atoms with Crippen LogP contribution in [0.5, 0.6) is 0 Å². The van der Waals surface area contributed by atoms with Gasteiger partial charge in [0.25, 0.3) is 5.92 Å². The van der Waals surface area contributed by atoms with Gasteiger partial charge in [0.05, 0.1) is 29.6 Å². The van der Waals surface area contributed by atoms with E-state index in [0.717, 1.165) is 61.1 Å². The van der Waals surface area contributed by atoms with E-state index in [1.54, 1.807) is 29.7 Å². The third kappa shape index (κ3) is 4.10. The Labute approximate surface area is 216 Å². The molecule has 1 fully saturated rings. The van der Waals surface area contributed by atoms with E-state index in [4.69, 9.17) is 0 Å². The topological polar surface area (TPSA) is 86.4 Å². The van der Waals surface area contributed by atoms with Crippen LogP contribution in [0.2, 0.25) is 0 Å². The number of nitrogens with one attached hydrogen (secondary N) is 2. The summed E-state index contributed by atoms with van der Waals surface area (Å²) < 4.78 is 27.3. The lowest BCUT2D eigenvalue weighted by Crippen LogP contribution is -2.24. The Bertz CT molecular complexity index is 1770. The first kappa shape index (κ1) is 22.7. The van der Waals surface area contributed by atoms with Gasteiger partial charge in [-0.1, -0.05) is 18.2 Å². The molecule has 0 saturated carbocycles. The summed E-state index contributed by atoms with van der Waals surface area (Å²) in [6.45, 7) is 0.601. The van der Waals surface area contributed by atoms with E-state index < -0.39 is 5.92 Å². The van der Waals surface area contributed by atoms with Crippen LogP contribution in [0.25, 0.3) is 55.6 Å². The van der Waals surface area contributed by atoms with Gasteiger partial charge < -0.3 is 4.98 Å². The van der Waals surface area contributed by atoms with E-state index >= 15 is 0 Å². The van der Waals surface area contributed by atoms with E-state index in [1.807, 2.05) is 42.6 Å². The molecule has 0 amide bonds. The normalized spacial score (nSPS) is 15.5. The Hall–Kier alpha value is -4.50. The second kappa shape index (κ2) is 8.81. The summed E-state index contributed by atoms with van der Waals surface area (Å²) in [6, 6.07) is 16.2. The van der Waals surface area contributed by atoms with Crippen LogP contribution >= 0.6 is 0 Å². The molecule has 0 radical (unpaired) electrons. The lowest BCUT2D eigenvalue weighted by molar-refractivity contribution is 0.0115. The Morgan fingerprint density at radius 1 is 0.895 bits per heavy atom. The number of pyridine rings is 3. The van der Waals surface area contributed by atoms with Gasteiger partial charge in [0.1, 0.15) is 5.69 Å². The first-order valence-corrected chi connectivity index (χ1v) is 12.4. The van der Waals surface area contributed by atoms with Crippen LogP contribution in [0.3, 0.4) is 0 Å². The Morgan fingerprint density at radius 3 is 2.66 bits per heavy atom. The molecular formula is C29H23F2N7. The fourth-order valence-electron chi connectivity index (χ4n) is 5.25. The zero-order valence-electron chi connectivity index (χ0n) is 20.3. The quantitative estimate of drug-likeness (QED) is 0.296. The largest absolute Gasteiger partial charge is 0.353 e. The average molecular weight is 508 g/mol. The van der Waals surface area contributed by atoms with Gasteiger partial charge in [-0.25, -0.2) is 8.78 Å². The van der Waals surface area contributed by atoms with E-state index in [2.05, 4.69) is 42.3 Å². The predicted octanol–water partition coefficient (Wildman–Crippen LogP) is 6.07. The number of H-pyrrole nitrogens is 2. The molecule has 5 aromatic heterocycles. The molecule has 7 rings (SSSR count). The number of halogens is 2. The van der Waals surface area contributed by atoms with Gasteiger partial charge in [-0.15, -0.1) is 0 Å². The van der Waals surface area contributed by atoms with Crippen molar-refractivity contribution in [2.45, 2.75) is 18.9 Å². The summed E-state index contributed by atoms with van der Waals surface area (Å²) in [4.78, 5) is 18.5. The molecule has 1 aromatic carbocycles. The maximum absolute atomic E-state index is 13.6. The standard InChI is InChI=1S/C29H23F2N7/c30-29(31)6-8-38(17-29)16-18-9-20(14-33-12-18)25-11-23-27(15-34-25)36-37-28(23)26-10-22-21(4-1-5-24(22)35-26)19-3-2-7-32-13-19/h1-5,7,9-15,35H,6,8,16-17H2,(H,36,37). The molecule has 0 atom stereocenters. The summed E-state index contributed by atoms with van der Waals surface area (Å²) in [5.41, 5.74) is 8.11. The number of fused-ring (bicyclic) bond motifs is 2. The molecule has 188 valence electrons. The lowest BCUT2D eigenvalue weighted by atomic mass is 10.0. The lowest BCUT2D eigenvalue weighted by Gasteiger charge is -2.15. The van der Waals surface area contributed by atoms with E-state index in [1.165, 1.54) is 0 Å². The van der Waals surface area contributed by atoms with Crippen molar-refractivity contribution in [2.75, 3.05) is 13.1 Å². The van der Waals surface area contributed by atoms with Gasteiger partial charge in [0.2, 0.25) is 0 Å². The number of likely N-dealkylation sites (tertiary alicyclic amines) is 1. The van der Waals surface area contributed by atoms with Crippen LogP contribution in [0.4, 0.5) is 8.78 Å². The van der Waals surface area contributed by atoms with Crippen molar-refractivity contribution in [1.29, 1.82) is 0 Å². The number of aromatic nitrogens is 6. The highest BCUT2D eigenvalue weighted by atomic mass is 19.3. The summed E-state index contributed by atoms with van der Waals surface area (Å²) in [5.74, 6) is -2.61. The highest BCUT2D eigenvalue weighted by molar-refractivity contribution is 6.01. The molecule has 7 nitrogen and oxygen atoms in total.